The van der Waals surface area contributed by atoms with Gasteiger partial charge in [0.2, 0.25) is 0 Å². The van der Waals surface area contributed by atoms with Crippen LogP contribution in [-0.4, -0.2) is 17.2 Å². The predicted molar refractivity (Wildman–Crippen MR) is 69.7 cm³/mol. The Bertz CT molecular complexity index is 525. The van der Waals surface area contributed by atoms with Gasteiger partial charge in [-0.3, -0.25) is 0 Å². The van der Waals surface area contributed by atoms with Gasteiger partial charge in [-0.05, 0) is 36.6 Å². The molecule has 116 valence electrons. The Morgan fingerprint density at radius 2 is 2.00 bits per heavy atom. The lowest BCUT2D eigenvalue weighted by atomic mass is 9.91. The van der Waals surface area contributed by atoms with Crippen molar-refractivity contribution < 1.29 is 27.8 Å². The maximum Gasteiger partial charge on any atom is 0.416 e. The monoisotopic (exact) mass is 302 g/mol. The van der Waals surface area contributed by atoms with Gasteiger partial charge < -0.3 is 9.84 Å². The van der Waals surface area contributed by atoms with Crippen LogP contribution in [0.1, 0.15) is 60.2 Å². The smallest absolute Gasteiger partial charge is 0.416 e. The lowest BCUT2D eigenvalue weighted by Crippen LogP contribution is -2.32. The van der Waals surface area contributed by atoms with Gasteiger partial charge in [-0.15, -0.1) is 0 Å². The molecule has 1 aliphatic rings. The molecule has 1 aromatic carbocycles. The summed E-state index contributed by atoms with van der Waals surface area (Å²) in [5.74, 6) is -0.675. The van der Waals surface area contributed by atoms with Crippen LogP contribution in [0, 0.1) is 0 Å². The molecule has 0 saturated carbocycles. The average molecular weight is 302 g/mol. The van der Waals surface area contributed by atoms with Gasteiger partial charge in [0, 0.05) is 0 Å². The van der Waals surface area contributed by atoms with Gasteiger partial charge in [-0.1, -0.05) is 19.8 Å². The first-order chi connectivity index (χ1) is 9.84. The Balaban J connectivity index is 2.28. The number of carbonyl (C=O) groups excluding carboxylic acids is 1. The van der Waals surface area contributed by atoms with Crippen LogP contribution in [0.25, 0.3) is 0 Å². The first kappa shape index (κ1) is 15.8. The predicted octanol–water partition coefficient (Wildman–Crippen LogP) is 3.86. The Morgan fingerprint density at radius 3 is 2.62 bits per heavy atom. The van der Waals surface area contributed by atoms with Gasteiger partial charge in [-0.2, -0.15) is 13.2 Å². The minimum Gasteiger partial charge on any atom is -0.456 e. The molecule has 1 N–H and O–H groups in total. The minimum atomic E-state index is -4.51. The van der Waals surface area contributed by atoms with Crippen molar-refractivity contribution in [3.63, 3.8) is 0 Å². The minimum absolute atomic E-state index is 0.00208. The molecule has 2 rings (SSSR count). The van der Waals surface area contributed by atoms with E-state index in [0.29, 0.717) is 6.42 Å². The fourth-order valence-corrected chi connectivity index (χ4v) is 2.45. The molecule has 21 heavy (non-hydrogen) atoms. The van der Waals surface area contributed by atoms with Crippen LogP contribution < -0.4 is 0 Å². The average Bonchev–Trinajstić information content (AvgIpc) is 2.43. The number of unbranched alkanes of at least 4 members (excludes halogenated alkanes) is 2. The summed E-state index contributed by atoms with van der Waals surface area (Å²) < 4.78 is 43.3. The van der Waals surface area contributed by atoms with Crippen molar-refractivity contribution in [2.24, 2.45) is 0 Å². The highest BCUT2D eigenvalue weighted by Crippen LogP contribution is 2.37. The number of aliphatic hydroxyl groups excluding tert-OH is 1. The van der Waals surface area contributed by atoms with E-state index >= 15 is 0 Å². The van der Waals surface area contributed by atoms with E-state index in [1.54, 1.807) is 0 Å². The number of halogens is 3. The maximum atomic E-state index is 12.7. The first-order valence-corrected chi connectivity index (χ1v) is 6.94. The maximum absolute atomic E-state index is 12.7. The van der Waals surface area contributed by atoms with Crippen LogP contribution in [0.5, 0.6) is 0 Å². The third kappa shape index (κ3) is 3.37. The van der Waals surface area contributed by atoms with E-state index in [2.05, 4.69) is 0 Å². The Kier molecular flexibility index (Phi) is 4.56. The number of rotatable bonds is 4. The second kappa shape index (κ2) is 6.05. The summed E-state index contributed by atoms with van der Waals surface area (Å²) in [6.07, 6.45) is -3.43. The standard InChI is InChI=1S/C15H17F3O3/c1-2-3-4-5-12-13(19)11-8-9(15(16,17)18)6-7-10(11)14(20)21-12/h6-8,12-13,19H,2-5H2,1H3/t12-,13-/m0/s1. The van der Waals surface area contributed by atoms with Crippen LogP contribution in [0.4, 0.5) is 13.2 Å². The summed E-state index contributed by atoms with van der Waals surface area (Å²) in [7, 11) is 0. The zero-order valence-corrected chi connectivity index (χ0v) is 11.6. The molecule has 2 atom stereocenters. The Hall–Kier alpha value is -1.56. The SMILES string of the molecule is CCCCC[C@@H]1OC(=O)c2ccc(C(F)(F)F)cc2[C@@H]1O. The van der Waals surface area contributed by atoms with Crippen molar-refractivity contribution in [2.45, 2.75) is 51.0 Å². The fraction of sp³-hybridized carbons (Fsp3) is 0.533. The third-order valence-corrected chi connectivity index (χ3v) is 3.62. The highest BCUT2D eigenvalue weighted by molar-refractivity contribution is 5.92. The zero-order valence-electron chi connectivity index (χ0n) is 11.6. The van der Waals surface area contributed by atoms with Crippen LogP contribution >= 0.6 is 0 Å². The normalized spacial score (nSPS) is 21.9. The number of benzene rings is 1. The Morgan fingerprint density at radius 1 is 1.29 bits per heavy atom. The molecule has 0 unspecified atom stereocenters. The van der Waals surface area contributed by atoms with Gasteiger partial charge in [0.15, 0.2) is 0 Å². The quantitative estimate of drug-likeness (QED) is 0.678. The van der Waals surface area contributed by atoms with Gasteiger partial charge >= 0.3 is 12.1 Å². The van der Waals surface area contributed by atoms with Gasteiger partial charge in [0.05, 0.1) is 11.1 Å². The summed E-state index contributed by atoms with van der Waals surface area (Å²) >= 11 is 0. The van der Waals surface area contributed by atoms with E-state index in [1.165, 1.54) is 0 Å². The van der Waals surface area contributed by atoms with Crippen molar-refractivity contribution in [2.75, 3.05) is 0 Å². The molecule has 6 heteroatoms. The second-order valence-corrected chi connectivity index (χ2v) is 5.18. The Labute approximate surface area is 120 Å². The number of fused-ring (bicyclic) bond motifs is 1. The number of esters is 1. The summed E-state index contributed by atoms with van der Waals surface area (Å²) in [6.45, 7) is 2.01. The largest absolute Gasteiger partial charge is 0.456 e. The van der Waals surface area contributed by atoms with E-state index in [4.69, 9.17) is 4.74 Å². The molecule has 3 nitrogen and oxygen atoms in total. The van der Waals surface area contributed by atoms with Crippen molar-refractivity contribution in [3.8, 4) is 0 Å². The number of aliphatic hydroxyl groups is 1. The number of carbonyl (C=O) groups is 1. The fourth-order valence-electron chi connectivity index (χ4n) is 2.45. The molecule has 0 aromatic heterocycles. The first-order valence-electron chi connectivity index (χ1n) is 6.94. The number of cyclic esters (lactones) is 1. The molecule has 0 saturated heterocycles. The lowest BCUT2D eigenvalue weighted by Gasteiger charge is -2.30. The number of hydrogen-bond donors (Lipinski definition) is 1. The van der Waals surface area contributed by atoms with E-state index in [9.17, 15) is 23.1 Å². The molecule has 1 heterocycles. The van der Waals surface area contributed by atoms with Crippen LogP contribution in [0.3, 0.4) is 0 Å². The van der Waals surface area contributed by atoms with Gasteiger partial charge in [-0.25, -0.2) is 4.79 Å². The van der Waals surface area contributed by atoms with Crippen molar-refractivity contribution in [1.29, 1.82) is 0 Å². The summed E-state index contributed by atoms with van der Waals surface area (Å²) in [6, 6.07) is 2.73. The molecule has 0 spiro atoms. The van der Waals surface area contributed by atoms with E-state index in [0.717, 1.165) is 37.5 Å². The second-order valence-electron chi connectivity index (χ2n) is 5.18. The summed E-state index contributed by atoms with van der Waals surface area (Å²) in [4.78, 5) is 11.8. The zero-order chi connectivity index (χ0) is 15.6. The van der Waals surface area contributed by atoms with Gasteiger partial charge in [0.1, 0.15) is 12.2 Å². The van der Waals surface area contributed by atoms with Crippen LogP contribution in [-0.2, 0) is 10.9 Å². The molecule has 0 aliphatic carbocycles. The van der Waals surface area contributed by atoms with Crippen LogP contribution in [0.2, 0.25) is 0 Å². The summed E-state index contributed by atoms with van der Waals surface area (Å²) in [5, 5.41) is 10.2. The topological polar surface area (TPSA) is 46.5 Å². The highest BCUT2D eigenvalue weighted by atomic mass is 19.4. The number of hydrogen-bond acceptors (Lipinski definition) is 3. The molecule has 0 radical (unpaired) electrons. The molecular weight excluding hydrogens is 285 g/mol. The van der Waals surface area contributed by atoms with Crippen molar-refractivity contribution in [1.82, 2.24) is 0 Å². The third-order valence-electron chi connectivity index (χ3n) is 3.62. The number of ether oxygens (including phenoxy) is 1. The molecule has 0 fully saturated rings. The molecule has 1 aliphatic heterocycles. The van der Waals surface area contributed by atoms with E-state index in [-0.39, 0.29) is 11.1 Å². The van der Waals surface area contributed by atoms with Crippen molar-refractivity contribution >= 4 is 5.97 Å². The molecule has 0 bridgehead atoms. The van der Waals surface area contributed by atoms with Crippen molar-refractivity contribution in [3.05, 3.63) is 34.9 Å². The molecular formula is C15H17F3O3. The molecule has 1 aromatic rings. The number of alkyl halides is 3. The highest BCUT2D eigenvalue weighted by Gasteiger charge is 2.37. The van der Waals surface area contributed by atoms with Crippen LogP contribution in [0.15, 0.2) is 18.2 Å². The van der Waals surface area contributed by atoms with E-state index in [1.807, 2.05) is 6.92 Å². The van der Waals surface area contributed by atoms with Gasteiger partial charge in [0.25, 0.3) is 0 Å². The molecule has 0 amide bonds. The summed E-state index contributed by atoms with van der Waals surface area (Å²) in [5.41, 5.74) is -0.868. The lowest BCUT2D eigenvalue weighted by molar-refractivity contribution is -0.137. The van der Waals surface area contributed by atoms with E-state index < -0.39 is 29.9 Å².